The molecule has 94 valence electrons. The summed E-state index contributed by atoms with van der Waals surface area (Å²) in [5.74, 6) is 0.754. The molecule has 0 saturated heterocycles. The summed E-state index contributed by atoms with van der Waals surface area (Å²) >= 11 is 6.16. The second-order valence-electron chi connectivity index (χ2n) is 4.34. The molecule has 0 amide bonds. The highest BCUT2D eigenvalue weighted by atomic mass is 35.5. The lowest BCUT2D eigenvalue weighted by atomic mass is 9.97. The number of benzene rings is 1. The predicted molar refractivity (Wildman–Crippen MR) is 71.5 cm³/mol. The first-order valence-corrected chi connectivity index (χ1v) is 6.21. The van der Waals surface area contributed by atoms with Gasteiger partial charge in [0.15, 0.2) is 0 Å². The number of hydrogen-bond acceptors (Lipinski definition) is 3. The molecular formula is C13H13ClN2O2. The smallest absolute Gasteiger partial charge is 0.253 e. The maximum absolute atomic E-state index is 12.0. The van der Waals surface area contributed by atoms with Gasteiger partial charge in [0.05, 0.1) is 17.6 Å². The Morgan fingerprint density at radius 2 is 2.17 bits per heavy atom. The molecule has 0 atom stereocenters. The lowest BCUT2D eigenvalue weighted by molar-refractivity contribution is 0.419. The third kappa shape index (κ3) is 1.61. The van der Waals surface area contributed by atoms with Crippen LogP contribution in [0.5, 0.6) is 5.75 Å². The Bertz CT molecular complexity index is 679. The second-order valence-corrected chi connectivity index (χ2v) is 4.74. The van der Waals surface area contributed by atoms with Crippen LogP contribution in [0.1, 0.15) is 11.1 Å². The maximum Gasteiger partial charge on any atom is 0.253 e. The van der Waals surface area contributed by atoms with Crippen molar-refractivity contribution < 1.29 is 4.74 Å². The number of nitrogens with one attached hydrogen (secondary N) is 2. The van der Waals surface area contributed by atoms with E-state index in [1.54, 1.807) is 13.2 Å². The molecule has 0 unspecified atom stereocenters. The van der Waals surface area contributed by atoms with Crippen LogP contribution in [-0.2, 0) is 13.0 Å². The summed E-state index contributed by atoms with van der Waals surface area (Å²) in [6.45, 7) is 1.46. The molecular weight excluding hydrogens is 252 g/mol. The van der Waals surface area contributed by atoms with Gasteiger partial charge in [0.25, 0.3) is 5.56 Å². The minimum atomic E-state index is -0.0696. The first-order chi connectivity index (χ1) is 8.72. The fourth-order valence-electron chi connectivity index (χ4n) is 2.52. The highest BCUT2D eigenvalue weighted by Crippen LogP contribution is 2.33. The molecule has 0 spiro atoms. The zero-order valence-corrected chi connectivity index (χ0v) is 10.7. The van der Waals surface area contributed by atoms with Gasteiger partial charge in [0.1, 0.15) is 5.75 Å². The first-order valence-electron chi connectivity index (χ1n) is 5.83. The van der Waals surface area contributed by atoms with Crippen LogP contribution in [0, 0.1) is 0 Å². The number of hydrogen-bond donors (Lipinski definition) is 2. The van der Waals surface area contributed by atoms with Crippen molar-refractivity contribution in [1.29, 1.82) is 0 Å². The summed E-state index contributed by atoms with van der Waals surface area (Å²) in [5, 5.41) is 4.68. The summed E-state index contributed by atoms with van der Waals surface area (Å²) in [7, 11) is 1.63. The molecule has 1 aliphatic heterocycles. The van der Waals surface area contributed by atoms with Crippen LogP contribution in [0.3, 0.4) is 0 Å². The Morgan fingerprint density at radius 1 is 1.33 bits per heavy atom. The number of H-pyrrole nitrogens is 1. The van der Waals surface area contributed by atoms with E-state index in [2.05, 4.69) is 10.3 Å². The van der Waals surface area contributed by atoms with Gasteiger partial charge in [0.2, 0.25) is 0 Å². The fraction of sp³-hybridized carbons (Fsp3) is 0.308. The van der Waals surface area contributed by atoms with E-state index >= 15 is 0 Å². The van der Waals surface area contributed by atoms with E-state index in [0.29, 0.717) is 17.1 Å². The van der Waals surface area contributed by atoms with E-state index < -0.39 is 0 Å². The van der Waals surface area contributed by atoms with Gasteiger partial charge in [-0.15, -0.1) is 0 Å². The van der Waals surface area contributed by atoms with Crippen LogP contribution >= 0.6 is 11.6 Å². The highest BCUT2D eigenvalue weighted by molar-refractivity contribution is 6.35. The molecule has 0 fully saturated rings. The van der Waals surface area contributed by atoms with Crippen LogP contribution in [0.2, 0.25) is 5.02 Å². The van der Waals surface area contributed by atoms with E-state index in [1.165, 1.54) is 0 Å². The lowest BCUT2D eigenvalue weighted by Gasteiger charge is -2.19. The molecule has 18 heavy (non-hydrogen) atoms. The normalized spacial score (nSPS) is 14.6. The Kier molecular flexibility index (Phi) is 2.76. The molecule has 0 saturated carbocycles. The van der Waals surface area contributed by atoms with Crippen molar-refractivity contribution in [3.63, 3.8) is 0 Å². The van der Waals surface area contributed by atoms with E-state index in [4.69, 9.17) is 16.3 Å². The molecule has 1 aromatic carbocycles. The lowest BCUT2D eigenvalue weighted by Crippen LogP contribution is -2.30. The summed E-state index contributed by atoms with van der Waals surface area (Å²) < 4.78 is 5.39. The van der Waals surface area contributed by atoms with Gasteiger partial charge in [-0.1, -0.05) is 11.6 Å². The maximum atomic E-state index is 12.0. The molecule has 1 aromatic heterocycles. The summed E-state index contributed by atoms with van der Waals surface area (Å²) in [4.78, 5) is 14.9. The van der Waals surface area contributed by atoms with Crippen molar-refractivity contribution in [1.82, 2.24) is 10.3 Å². The highest BCUT2D eigenvalue weighted by Gasteiger charge is 2.19. The Morgan fingerprint density at radius 3 is 2.94 bits per heavy atom. The van der Waals surface area contributed by atoms with Crippen LogP contribution < -0.4 is 15.6 Å². The number of fused-ring (bicyclic) bond motifs is 3. The van der Waals surface area contributed by atoms with E-state index in [-0.39, 0.29) is 5.56 Å². The minimum absolute atomic E-state index is 0.0696. The van der Waals surface area contributed by atoms with Gasteiger partial charge in [-0.05, 0) is 30.7 Å². The van der Waals surface area contributed by atoms with Crippen LogP contribution in [0.4, 0.5) is 0 Å². The van der Waals surface area contributed by atoms with Crippen molar-refractivity contribution in [3.05, 3.63) is 38.6 Å². The molecule has 2 heterocycles. The van der Waals surface area contributed by atoms with Crippen molar-refractivity contribution in [2.24, 2.45) is 0 Å². The van der Waals surface area contributed by atoms with Crippen LogP contribution in [0.25, 0.3) is 10.9 Å². The summed E-state index contributed by atoms with van der Waals surface area (Å²) in [6, 6.07) is 3.58. The number of methoxy groups -OCH3 is 1. The number of halogens is 1. The number of ether oxygens (including phenoxy) is 1. The zero-order valence-electron chi connectivity index (χ0n) is 9.97. The average Bonchev–Trinajstić information content (AvgIpc) is 2.40. The molecule has 4 nitrogen and oxygen atoms in total. The Balaban J connectivity index is 2.49. The molecule has 2 N–H and O–H groups in total. The number of pyridine rings is 1. The molecule has 0 aliphatic carbocycles. The molecule has 0 radical (unpaired) electrons. The fourth-order valence-corrected chi connectivity index (χ4v) is 2.72. The average molecular weight is 265 g/mol. The third-order valence-electron chi connectivity index (χ3n) is 3.37. The van der Waals surface area contributed by atoms with Crippen LogP contribution in [-0.4, -0.2) is 18.6 Å². The van der Waals surface area contributed by atoms with Gasteiger partial charge in [-0.25, -0.2) is 0 Å². The van der Waals surface area contributed by atoms with Gasteiger partial charge < -0.3 is 15.0 Å². The number of aromatic nitrogens is 1. The molecule has 3 rings (SSSR count). The van der Waals surface area contributed by atoms with Crippen molar-refractivity contribution >= 4 is 22.5 Å². The largest absolute Gasteiger partial charge is 0.496 e. The minimum Gasteiger partial charge on any atom is -0.496 e. The van der Waals surface area contributed by atoms with Crippen molar-refractivity contribution in [2.75, 3.05) is 13.7 Å². The van der Waals surface area contributed by atoms with Crippen molar-refractivity contribution in [3.8, 4) is 5.75 Å². The van der Waals surface area contributed by atoms with Crippen LogP contribution in [0.15, 0.2) is 16.9 Å². The van der Waals surface area contributed by atoms with Gasteiger partial charge in [-0.2, -0.15) is 0 Å². The van der Waals surface area contributed by atoms with Gasteiger partial charge in [0, 0.05) is 17.5 Å². The summed E-state index contributed by atoms with van der Waals surface area (Å²) in [6.07, 6.45) is 0.812. The SMILES string of the molecule is COc1ccc(Cl)c2[nH]c(=O)c3c(c12)CCNC3. The molecule has 5 heteroatoms. The number of aromatic amines is 1. The van der Waals surface area contributed by atoms with Crippen molar-refractivity contribution in [2.45, 2.75) is 13.0 Å². The van der Waals surface area contributed by atoms with E-state index in [9.17, 15) is 4.79 Å². The molecule has 2 aromatic rings. The first kappa shape index (κ1) is 11.6. The quantitative estimate of drug-likeness (QED) is 0.826. The Hall–Kier alpha value is -1.52. The monoisotopic (exact) mass is 264 g/mol. The standard InChI is InChI=1S/C13H13ClN2O2/c1-18-10-3-2-9(14)12-11(10)7-4-5-15-6-8(7)13(17)16-12/h2-3,15H,4-6H2,1H3,(H,16,17). The van der Waals surface area contributed by atoms with E-state index in [1.807, 2.05) is 6.07 Å². The van der Waals surface area contributed by atoms with Gasteiger partial charge >= 0.3 is 0 Å². The zero-order chi connectivity index (χ0) is 12.7. The topological polar surface area (TPSA) is 54.1 Å². The Labute approximate surface area is 109 Å². The van der Waals surface area contributed by atoms with Gasteiger partial charge in [-0.3, -0.25) is 4.79 Å². The molecule has 0 bridgehead atoms. The third-order valence-corrected chi connectivity index (χ3v) is 3.68. The summed E-state index contributed by atoms with van der Waals surface area (Å²) in [5.41, 5.74) is 2.43. The molecule has 1 aliphatic rings. The predicted octanol–water partition coefficient (Wildman–Crippen LogP) is 1.84. The second kappa shape index (κ2) is 4.30. The van der Waals surface area contributed by atoms with E-state index in [0.717, 1.165) is 35.2 Å². The number of rotatable bonds is 1.